The van der Waals surface area contributed by atoms with Crippen molar-refractivity contribution in [1.29, 1.82) is 0 Å². The molecule has 1 N–H and O–H groups in total. The van der Waals surface area contributed by atoms with E-state index in [0.29, 0.717) is 29.5 Å². The fraction of sp³-hybridized carbons (Fsp3) is 0.154. The Morgan fingerprint density at radius 3 is 2.41 bits per heavy atom. The van der Waals surface area contributed by atoms with E-state index >= 15 is 0 Å². The average molecular weight is 427 g/mol. The second-order valence-corrected chi connectivity index (χ2v) is 7.76. The van der Waals surface area contributed by atoms with Crippen molar-refractivity contribution in [3.8, 4) is 11.5 Å². The summed E-state index contributed by atoms with van der Waals surface area (Å²) in [5, 5.41) is 10.2. The highest BCUT2D eigenvalue weighted by molar-refractivity contribution is 5.99. The average Bonchev–Trinajstić information content (AvgIpc) is 3.10. The van der Waals surface area contributed by atoms with Crippen molar-refractivity contribution < 1.29 is 19.1 Å². The summed E-state index contributed by atoms with van der Waals surface area (Å²) in [5.41, 5.74) is 2.32. The third-order valence-corrected chi connectivity index (χ3v) is 5.88. The Hall–Kier alpha value is -4.06. The number of amides is 1. The highest BCUT2D eigenvalue weighted by Gasteiger charge is 2.42. The minimum absolute atomic E-state index is 0.0847. The van der Waals surface area contributed by atoms with Crippen molar-refractivity contribution in [2.24, 2.45) is 0 Å². The topological polar surface area (TPSA) is 80.0 Å². The van der Waals surface area contributed by atoms with Gasteiger partial charge in [0.05, 0.1) is 24.1 Å². The van der Waals surface area contributed by atoms with Gasteiger partial charge in [-0.15, -0.1) is 0 Å². The van der Waals surface area contributed by atoms with Crippen molar-refractivity contribution in [3.63, 3.8) is 0 Å². The molecule has 32 heavy (non-hydrogen) atoms. The van der Waals surface area contributed by atoms with E-state index in [1.807, 2.05) is 24.3 Å². The van der Waals surface area contributed by atoms with Gasteiger partial charge in [0.2, 0.25) is 5.76 Å². The van der Waals surface area contributed by atoms with E-state index in [1.165, 1.54) is 0 Å². The lowest BCUT2D eigenvalue weighted by Gasteiger charge is -2.25. The number of fused-ring (bicyclic) bond motifs is 2. The zero-order chi connectivity index (χ0) is 22.2. The number of benzene rings is 3. The first-order valence-corrected chi connectivity index (χ1v) is 10.4. The lowest BCUT2D eigenvalue weighted by Crippen LogP contribution is -2.31. The summed E-state index contributed by atoms with van der Waals surface area (Å²) in [6, 6.07) is 20.6. The predicted octanol–water partition coefficient (Wildman–Crippen LogP) is 4.30. The molecule has 3 aromatic carbocycles. The van der Waals surface area contributed by atoms with E-state index < -0.39 is 6.04 Å². The SMILES string of the molecule is COc1ccc(CCN2C(=O)c3oc4ccccc4c(=O)c3[C@@H]2c2ccc(O)cc2)cc1. The van der Waals surface area contributed by atoms with E-state index in [9.17, 15) is 14.7 Å². The van der Waals surface area contributed by atoms with Gasteiger partial charge in [0.1, 0.15) is 17.1 Å². The quantitative estimate of drug-likeness (QED) is 0.514. The molecule has 0 unspecified atom stereocenters. The van der Waals surface area contributed by atoms with E-state index in [4.69, 9.17) is 9.15 Å². The molecule has 1 aliphatic rings. The Balaban J connectivity index is 1.58. The zero-order valence-electron chi connectivity index (χ0n) is 17.4. The van der Waals surface area contributed by atoms with Gasteiger partial charge in [0, 0.05) is 6.54 Å². The number of aromatic hydroxyl groups is 1. The van der Waals surface area contributed by atoms with Crippen LogP contribution in [0.1, 0.15) is 33.3 Å². The van der Waals surface area contributed by atoms with Gasteiger partial charge in [0.15, 0.2) is 5.43 Å². The molecule has 1 aromatic heterocycles. The minimum atomic E-state index is -0.586. The molecule has 0 radical (unpaired) electrons. The van der Waals surface area contributed by atoms with Gasteiger partial charge >= 0.3 is 0 Å². The molecule has 2 heterocycles. The molecule has 0 bridgehead atoms. The van der Waals surface area contributed by atoms with E-state index in [1.54, 1.807) is 60.5 Å². The Morgan fingerprint density at radius 1 is 0.969 bits per heavy atom. The van der Waals surface area contributed by atoms with E-state index in [-0.39, 0.29) is 22.8 Å². The van der Waals surface area contributed by atoms with Crippen LogP contribution in [0.15, 0.2) is 82.0 Å². The molecule has 5 rings (SSSR count). The fourth-order valence-electron chi connectivity index (χ4n) is 4.24. The van der Waals surface area contributed by atoms with Gasteiger partial charge < -0.3 is 19.2 Å². The number of carbonyl (C=O) groups excluding carboxylic acids is 1. The monoisotopic (exact) mass is 427 g/mol. The number of hydrogen-bond acceptors (Lipinski definition) is 5. The first kappa shape index (κ1) is 19.9. The van der Waals surface area contributed by atoms with Crippen LogP contribution in [0.5, 0.6) is 11.5 Å². The second-order valence-electron chi connectivity index (χ2n) is 7.76. The van der Waals surface area contributed by atoms with Crippen LogP contribution >= 0.6 is 0 Å². The first-order valence-electron chi connectivity index (χ1n) is 10.4. The molecule has 0 saturated carbocycles. The number of phenols is 1. The third-order valence-electron chi connectivity index (χ3n) is 5.88. The Bertz CT molecular complexity index is 1360. The van der Waals surface area contributed by atoms with Gasteiger partial charge in [-0.2, -0.15) is 0 Å². The van der Waals surface area contributed by atoms with Crippen LogP contribution in [0.4, 0.5) is 0 Å². The summed E-state index contributed by atoms with van der Waals surface area (Å²) in [6.45, 7) is 0.399. The number of nitrogens with zero attached hydrogens (tertiary/aromatic N) is 1. The minimum Gasteiger partial charge on any atom is -0.508 e. The van der Waals surface area contributed by atoms with Crippen molar-refractivity contribution in [3.05, 3.63) is 105 Å². The van der Waals surface area contributed by atoms with Gasteiger partial charge in [-0.3, -0.25) is 9.59 Å². The zero-order valence-corrected chi connectivity index (χ0v) is 17.4. The summed E-state index contributed by atoms with van der Waals surface area (Å²) in [5.74, 6) is 0.659. The predicted molar refractivity (Wildman–Crippen MR) is 120 cm³/mol. The smallest absolute Gasteiger partial charge is 0.290 e. The standard InChI is InChI=1S/C26H21NO5/c1-31-19-12-6-16(7-13-19)14-15-27-23(17-8-10-18(28)11-9-17)22-24(29)20-4-2-3-5-21(20)32-25(22)26(27)30/h2-13,23,28H,14-15H2,1H3/t23-/m0/s1. The van der Waals surface area contributed by atoms with E-state index in [0.717, 1.165) is 16.9 Å². The number of para-hydroxylation sites is 1. The summed E-state index contributed by atoms with van der Waals surface area (Å²) in [4.78, 5) is 28.5. The Morgan fingerprint density at radius 2 is 1.69 bits per heavy atom. The van der Waals surface area contributed by atoms with Crippen molar-refractivity contribution in [2.75, 3.05) is 13.7 Å². The normalized spacial score (nSPS) is 15.2. The third kappa shape index (κ3) is 3.30. The van der Waals surface area contributed by atoms with Crippen LogP contribution in [0.2, 0.25) is 0 Å². The van der Waals surface area contributed by atoms with Crippen LogP contribution in [0, 0.1) is 0 Å². The van der Waals surface area contributed by atoms with Crippen LogP contribution in [0.25, 0.3) is 11.0 Å². The molecule has 4 aromatic rings. The van der Waals surface area contributed by atoms with Gasteiger partial charge in [-0.05, 0) is 53.9 Å². The molecule has 0 saturated heterocycles. The maximum absolute atomic E-state index is 13.4. The summed E-state index contributed by atoms with van der Waals surface area (Å²) in [6.07, 6.45) is 0.603. The van der Waals surface area contributed by atoms with Gasteiger partial charge in [0.25, 0.3) is 5.91 Å². The maximum Gasteiger partial charge on any atom is 0.290 e. The van der Waals surface area contributed by atoms with Crippen LogP contribution in [-0.4, -0.2) is 29.6 Å². The summed E-state index contributed by atoms with van der Waals surface area (Å²) < 4.78 is 11.1. The summed E-state index contributed by atoms with van der Waals surface area (Å²) >= 11 is 0. The van der Waals surface area contributed by atoms with Crippen LogP contribution in [-0.2, 0) is 6.42 Å². The molecular weight excluding hydrogens is 406 g/mol. The first-order chi connectivity index (χ1) is 15.6. The molecular formula is C26H21NO5. The molecule has 0 aliphatic carbocycles. The molecule has 6 heteroatoms. The number of hydrogen-bond donors (Lipinski definition) is 1. The molecule has 6 nitrogen and oxygen atoms in total. The highest BCUT2D eigenvalue weighted by atomic mass is 16.5. The van der Waals surface area contributed by atoms with E-state index in [2.05, 4.69) is 0 Å². The number of carbonyl (C=O) groups is 1. The number of rotatable bonds is 5. The molecule has 1 amide bonds. The molecule has 0 spiro atoms. The van der Waals surface area contributed by atoms with Crippen molar-refractivity contribution >= 4 is 16.9 Å². The number of ether oxygens (including phenoxy) is 1. The van der Waals surface area contributed by atoms with Crippen LogP contribution in [0.3, 0.4) is 0 Å². The van der Waals surface area contributed by atoms with Crippen LogP contribution < -0.4 is 10.2 Å². The second kappa shape index (κ2) is 7.89. The lowest BCUT2D eigenvalue weighted by molar-refractivity contribution is 0.0730. The molecule has 1 aliphatic heterocycles. The van der Waals surface area contributed by atoms with Crippen molar-refractivity contribution in [2.45, 2.75) is 12.5 Å². The number of phenolic OH excluding ortho intramolecular Hbond substituents is 1. The largest absolute Gasteiger partial charge is 0.508 e. The Labute approximate surface area is 184 Å². The number of methoxy groups -OCH3 is 1. The summed E-state index contributed by atoms with van der Waals surface area (Å²) in [7, 11) is 1.62. The van der Waals surface area contributed by atoms with Gasteiger partial charge in [-0.1, -0.05) is 36.4 Å². The van der Waals surface area contributed by atoms with Gasteiger partial charge in [-0.25, -0.2) is 0 Å². The highest BCUT2D eigenvalue weighted by Crippen LogP contribution is 2.38. The maximum atomic E-state index is 13.4. The van der Waals surface area contributed by atoms with Crippen molar-refractivity contribution in [1.82, 2.24) is 4.90 Å². The molecule has 1 atom stereocenters. The molecule has 160 valence electrons. The fourth-order valence-corrected chi connectivity index (χ4v) is 4.24. The molecule has 0 fully saturated rings. The lowest BCUT2D eigenvalue weighted by atomic mass is 9.98. The Kier molecular flexibility index (Phi) is 4.90.